The van der Waals surface area contributed by atoms with Crippen LogP contribution < -0.4 is 0 Å². The van der Waals surface area contributed by atoms with Gasteiger partial charge in [0.05, 0.1) is 0 Å². The van der Waals surface area contributed by atoms with Crippen LogP contribution in [0.15, 0.2) is 243 Å². The molecule has 2 N–H and O–H groups in total. The quantitative estimate of drug-likeness (QED) is 0.0680. The van der Waals surface area contributed by atoms with E-state index >= 15 is 9.59 Å². The molecule has 81 heavy (non-hydrogen) atoms. The molecule has 10 aromatic carbocycles. The number of likely N-dealkylation sites (N-methyl/N-ethyl adjacent to an activating group) is 1. The molecular weight excluding hydrogens is 1160 g/mol. The van der Waals surface area contributed by atoms with E-state index in [1.165, 1.54) is 0 Å². The van der Waals surface area contributed by atoms with Crippen LogP contribution in [-0.2, 0) is 49.8 Å². The number of phenols is 2. The summed E-state index contributed by atoms with van der Waals surface area (Å²) < 4.78 is 0. The number of aryl methyl sites for hydroxylation is 2. The summed E-state index contributed by atoms with van der Waals surface area (Å²) in [5, 5.41) is 25.8. The van der Waals surface area contributed by atoms with Crippen LogP contribution in [0.4, 0.5) is 0 Å². The summed E-state index contributed by atoms with van der Waals surface area (Å²) in [6, 6.07) is 78.7. The van der Waals surface area contributed by atoms with E-state index in [-0.39, 0.29) is 48.9 Å². The van der Waals surface area contributed by atoms with Crippen molar-refractivity contribution in [3.63, 3.8) is 0 Å². The largest absolute Gasteiger partial charge is 4.00 e. The first-order valence-corrected chi connectivity index (χ1v) is 27.2. The number of ketones is 2. The third-order valence-corrected chi connectivity index (χ3v) is 15.5. The zero-order chi connectivity index (χ0) is 56.0. The smallest absolute Gasteiger partial charge is 0.507 e. The molecule has 0 unspecified atom stereocenters. The van der Waals surface area contributed by atoms with Crippen molar-refractivity contribution < 1.29 is 45.6 Å². The molecule has 0 heterocycles. The van der Waals surface area contributed by atoms with E-state index in [1.807, 2.05) is 246 Å². The number of nitrogens with zero attached hydrogens (tertiary/aromatic N) is 2. The van der Waals surface area contributed by atoms with Crippen LogP contribution in [0.3, 0.4) is 0 Å². The molecule has 0 aliphatic heterocycles. The molecule has 0 bridgehead atoms. The summed E-state index contributed by atoms with van der Waals surface area (Å²) in [4.78, 5) is 35.3. The average Bonchev–Trinajstić information content (AvgIpc) is 2.10. The van der Waals surface area contributed by atoms with Crippen LogP contribution in [0.2, 0.25) is 0 Å². The molecule has 0 radical (unpaired) electrons. The topological polar surface area (TPSA) is 81.1 Å². The van der Waals surface area contributed by atoms with E-state index in [2.05, 4.69) is 47.9 Å². The number of Topliss-reactive ketones (excluding diaryl/α,β-unsaturated/α-hetero) is 2. The maximum Gasteiger partial charge on any atom is 4.00 e. The standard InChI is InChI=1S/C60H52N2O4.2C7H7.Hf/c1-39-33-43(55(63)53(35-39)59(57(65)41-19-7-5-8-20-41)49-27-15-11-23-45(49)46-24-12-16-28-50(46)59)37-62(32-31-61(3)4)38-44-34-40(2)36-54(56(44)64)60(58(66)42-21-9-6-10-22-42)51-29-17-13-25-47(51)48-26-14-18-30-52(48)60;2*1-7-5-3-2-4-6-7;/h5-30,33-36,63-64H,31-32,37-38H2,1-4H3;2*2-6H,1H2;/q;2*-1;+4. The zero-order valence-electron chi connectivity index (χ0n) is 46.4. The normalized spacial score (nSPS) is 12.8. The van der Waals surface area contributed by atoms with Crippen LogP contribution in [0.25, 0.3) is 22.3 Å². The molecule has 7 heteroatoms. The average molecular weight is 1230 g/mol. The van der Waals surface area contributed by atoms with Gasteiger partial charge in [-0.1, -0.05) is 205 Å². The number of rotatable bonds is 13. The van der Waals surface area contributed by atoms with Crippen molar-refractivity contribution in [2.75, 3.05) is 27.2 Å². The molecule has 398 valence electrons. The van der Waals surface area contributed by atoms with Gasteiger partial charge in [0, 0.05) is 59.6 Å². The molecule has 0 atom stereocenters. The Labute approximate surface area is 496 Å². The van der Waals surface area contributed by atoms with Gasteiger partial charge in [0.15, 0.2) is 11.6 Å². The van der Waals surface area contributed by atoms with Crippen molar-refractivity contribution in [1.29, 1.82) is 0 Å². The van der Waals surface area contributed by atoms with E-state index in [0.29, 0.717) is 59.6 Å². The first-order valence-electron chi connectivity index (χ1n) is 27.2. The van der Waals surface area contributed by atoms with Crippen LogP contribution in [0, 0.1) is 27.7 Å². The summed E-state index contributed by atoms with van der Waals surface area (Å²) in [7, 11) is 4.06. The molecule has 0 amide bonds. The minimum absolute atomic E-state index is 0. The predicted octanol–water partition coefficient (Wildman–Crippen LogP) is 15.4. The Morgan fingerprint density at radius 2 is 0.679 bits per heavy atom. The predicted molar refractivity (Wildman–Crippen MR) is 325 cm³/mol. The van der Waals surface area contributed by atoms with Crippen molar-refractivity contribution in [1.82, 2.24) is 9.80 Å². The molecule has 2 aliphatic rings. The SMILES string of the molecule is Cc1cc(CN(CCN(C)C)Cc2cc(C)cc(C3(C(=O)c4ccccc4)c4ccccc4-c4ccccc43)c2O)c(O)c(C2(C(=O)c3ccccc3)c3ccccc3-c3ccccc32)c1.[CH2-]c1ccccc1.[CH2-]c1ccccc1.[Hf+4]. The van der Waals surface area contributed by atoms with Gasteiger partial charge in [-0.25, -0.2) is 0 Å². The fourth-order valence-corrected chi connectivity index (χ4v) is 11.9. The monoisotopic (exact) mass is 1230 g/mol. The molecule has 6 nitrogen and oxygen atoms in total. The molecule has 0 aromatic heterocycles. The molecular formula is C74H66HfN2O4+2. The number of benzene rings is 10. The van der Waals surface area contributed by atoms with Gasteiger partial charge in [-0.15, -0.1) is 24.3 Å². The van der Waals surface area contributed by atoms with Gasteiger partial charge in [0.25, 0.3) is 0 Å². The minimum Gasteiger partial charge on any atom is -0.507 e. The molecule has 0 fully saturated rings. The van der Waals surface area contributed by atoms with Gasteiger partial charge in [-0.05, 0) is 72.5 Å². The number of phenolic OH excluding ortho intramolecular Hbond substituents is 2. The van der Waals surface area contributed by atoms with Crippen molar-refractivity contribution in [2.45, 2.75) is 37.8 Å². The number of hydrogen-bond acceptors (Lipinski definition) is 6. The molecule has 0 saturated carbocycles. The van der Waals surface area contributed by atoms with Gasteiger partial charge in [-0.2, -0.15) is 49.2 Å². The van der Waals surface area contributed by atoms with Gasteiger partial charge >= 0.3 is 25.8 Å². The number of carbonyl (C=O) groups is 2. The van der Waals surface area contributed by atoms with E-state index in [4.69, 9.17) is 0 Å². The van der Waals surface area contributed by atoms with Gasteiger partial charge in [0.1, 0.15) is 22.3 Å². The molecule has 0 spiro atoms. The van der Waals surface area contributed by atoms with Crippen molar-refractivity contribution in [3.05, 3.63) is 334 Å². The van der Waals surface area contributed by atoms with Crippen LogP contribution in [-0.4, -0.2) is 58.8 Å². The Bertz CT molecular complexity index is 3490. The van der Waals surface area contributed by atoms with Crippen molar-refractivity contribution >= 4 is 11.6 Å². The maximum absolute atomic E-state index is 15.5. The van der Waals surface area contributed by atoms with E-state index in [1.54, 1.807) is 0 Å². The van der Waals surface area contributed by atoms with Crippen LogP contribution in [0.5, 0.6) is 11.5 Å². The Hall–Kier alpha value is -8.33. The van der Waals surface area contributed by atoms with Crippen LogP contribution in [0.1, 0.15) is 87.5 Å². The number of aromatic hydroxyl groups is 2. The Balaban J connectivity index is 0.000000462. The second-order valence-corrected chi connectivity index (χ2v) is 21.2. The molecule has 2 aliphatic carbocycles. The molecule has 0 saturated heterocycles. The number of carbonyl (C=O) groups excluding carboxylic acids is 2. The number of hydrogen-bond donors (Lipinski definition) is 2. The van der Waals surface area contributed by atoms with Crippen LogP contribution >= 0.6 is 0 Å². The molecule has 12 rings (SSSR count). The van der Waals surface area contributed by atoms with Gasteiger partial charge in [0.2, 0.25) is 0 Å². The van der Waals surface area contributed by atoms with E-state index in [9.17, 15) is 10.2 Å². The van der Waals surface area contributed by atoms with E-state index in [0.717, 1.165) is 66.8 Å². The third-order valence-electron chi connectivity index (χ3n) is 15.5. The van der Waals surface area contributed by atoms with E-state index < -0.39 is 10.8 Å². The molecule has 10 aromatic rings. The Kier molecular flexibility index (Phi) is 17.7. The number of fused-ring (bicyclic) bond motifs is 6. The van der Waals surface area contributed by atoms with Gasteiger partial charge in [-0.3, -0.25) is 14.5 Å². The Morgan fingerprint density at radius 1 is 0.395 bits per heavy atom. The third kappa shape index (κ3) is 11.1. The Morgan fingerprint density at radius 3 is 0.963 bits per heavy atom. The second-order valence-electron chi connectivity index (χ2n) is 21.2. The summed E-state index contributed by atoms with van der Waals surface area (Å²) >= 11 is 0. The maximum atomic E-state index is 15.5. The summed E-state index contributed by atoms with van der Waals surface area (Å²) in [6.45, 7) is 13.4. The fourth-order valence-electron chi connectivity index (χ4n) is 11.9. The summed E-state index contributed by atoms with van der Waals surface area (Å²) in [5.74, 6) is -0.0925. The zero-order valence-corrected chi connectivity index (χ0v) is 50.0. The fraction of sp³-hybridized carbons (Fsp3) is 0.135. The summed E-state index contributed by atoms with van der Waals surface area (Å²) in [5.41, 5.74) is 12.1. The first kappa shape index (κ1) is 57.4. The summed E-state index contributed by atoms with van der Waals surface area (Å²) in [6.07, 6.45) is 0. The first-order chi connectivity index (χ1) is 38.8. The van der Waals surface area contributed by atoms with Gasteiger partial charge < -0.3 is 15.1 Å². The minimum atomic E-state index is -1.33. The second kappa shape index (κ2) is 25.0. The van der Waals surface area contributed by atoms with Crippen molar-refractivity contribution in [3.8, 4) is 33.8 Å². The van der Waals surface area contributed by atoms with Crippen molar-refractivity contribution in [2.24, 2.45) is 0 Å².